The van der Waals surface area contributed by atoms with Crippen molar-refractivity contribution in [3.05, 3.63) is 67.2 Å². The van der Waals surface area contributed by atoms with Crippen LogP contribution in [0.4, 0.5) is 5.82 Å². The van der Waals surface area contributed by atoms with Gasteiger partial charge in [0.2, 0.25) is 5.56 Å². The number of nitrogens with zero attached hydrogens (tertiary/aromatic N) is 2. The number of nitrogen functional groups attached to an aromatic ring is 1. The van der Waals surface area contributed by atoms with E-state index < -0.39 is 10.4 Å². The van der Waals surface area contributed by atoms with Gasteiger partial charge in [-0.05, 0) is 66.8 Å². The molecule has 2 saturated carbocycles. The Morgan fingerprint density at radius 2 is 1.49 bits per heavy atom. The van der Waals surface area contributed by atoms with Crippen molar-refractivity contribution in [2.75, 3.05) is 18.9 Å². The number of fused-ring (bicyclic) bond motifs is 6. The van der Waals surface area contributed by atoms with E-state index in [0.717, 1.165) is 29.3 Å². The Bertz CT molecular complexity index is 1430. The monoisotopic (exact) mass is 604 g/mol. The second-order valence-corrected chi connectivity index (χ2v) is 10.3. The van der Waals surface area contributed by atoms with Crippen LogP contribution in [0.1, 0.15) is 47.9 Å². The molecule has 0 saturated heterocycles. The molecule has 2 aromatic heterocycles. The summed E-state index contributed by atoms with van der Waals surface area (Å²) in [5.74, 6) is 1.92. The quantitative estimate of drug-likeness (QED) is 0.102. The number of esters is 2. The molecule has 6 rings (SSSR count). The second kappa shape index (κ2) is 14.3. The van der Waals surface area contributed by atoms with E-state index in [4.69, 9.17) is 42.8 Å². The van der Waals surface area contributed by atoms with Crippen LogP contribution in [0.15, 0.2) is 34.7 Å². The van der Waals surface area contributed by atoms with Crippen LogP contribution in [0.25, 0.3) is 0 Å². The van der Waals surface area contributed by atoms with Crippen LogP contribution in [0.5, 0.6) is 0 Å². The third-order valence-corrected chi connectivity index (χ3v) is 7.18. The van der Waals surface area contributed by atoms with Crippen molar-refractivity contribution in [1.82, 2.24) is 9.97 Å². The van der Waals surface area contributed by atoms with Gasteiger partial charge in [0.1, 0.15) is 5.82 Å². The number of hydrogen-bond donors (Lipinski definition) is 4. The van der Waals surface area contributed by atoms with Gasteiger partial charge in [-0.1, -0.05) is 0 Å². The van der Waals surface area contributed by atoms with Crippen LogP contribution >= 0.6 is 0 Å². The molecule has 2 heterocycles. The van der Waals surface area contributed by atoms with Gasteiger partial charge < -0.3 is 30.3 Å². The SMILES string of the molecule is CCOC(=O)[C@H]1[C@@H]2Cc3cc(=O)[nH]cc3[C@@H]21.CCOC(=O)[C@H]1[C@@H]2Cc3cc(N)ncc3[C@@H]21.O=N[O-].O=S(=O)(O)O.[Na+]. The van der Waals surface area contributed by atoms with Crippen molar-refractivity contribution in [3.8, 4) is 0 Å². The Balaban J connectivity index is 0.000000225. The van der Waals surface area contributed by atoms with Crippen LogP contribution in [-0.2, 0) is 42.3 Å². The number of H-pyrrole nitrogens is 1. The van der Waals surface area contributed by atoms with E-state index in [1.165, 1.54) is 11.1 Å². The first kappa shape index (κ1) is 34.3. The Labute approximate surface area is 257 Å². The van der Waals surface area contributed by atoms with E-state index >= 15 is 0 Å². The Morgan fingerprint density at radius 1 is 1.05 bits per heavy atom. The number of hydrogen-bond acceptors (Lipinski definition) is 12. The Hall–Kier alpha value is -2.89. The Morgan fingerprint density at radius 3 is 1.95 bits per heavy atom. The number of aromatic nitrogens is 2. The van der Waals surface area contributed by atoms with Crippen molar-refractivity contribution in [1.29, 1.82) is 0 Å². The summed E-state index contributed by atoms with van der Waals surface area (Å²) in [5.41, 5.74) is 10.2. The average Bonchev–Trinajstić information content (AvgIpc) is 3.66. The maximum absolute atomic E-state index is 11.6. The zero-order valence-electron chi connectivity index (χ0n) is 22.6. The van der Waals surface area contributed by atoms with Gasteiger partial charge in [-0.15, -0.1) is 5.34 Å². The summed E-state index contributed by atoms with van der Waals surface area (Å²) in [6, 6.07) is 3.56. The fourth-order valence-corrected chi connectivity index (χ4v) is 5.75. The summed E-state index contributed by atoms with van der Waals surface area (Å²) in [6.45, 7) is 4.56. The molecular formula is C24H29N4NaO11S. The molecular weight excluding hydrogens is 575 g/mol. The van der Waals surface area contributed by atoms with Crippen molar-refractivity contribution in [3.63, 3.8) is 0 Å². The second-order valence-electron chi connectivity index (χ2n) is 9.45. The molecule has 4 aliphatic carbocycles. The number of ether oxygens (including phenoxy) is 2. The van der Waals surface area contributed by atoms with E-state index in [2.05, 4.69) is 9.97 Å². The van der Waals surface area contributed by atoms with Gasteiger partial charge in [-0.3, -0.25) is 23.5 Å². The smallest absolute Gasteiger partial charge is 0.466 e. The van der Waals surface area contributed by atoms with Gasteiger partial charge in [0, 0.05) is 30.3 Å². The molecule has 0 spiro atoms. The van der Waals surface area contributed by atoms with Crippen LogP contribution in [0.3, 0.4) is 0 Å². The number of nitrogens with one attached hydrogen (secondary N) is 1. The molecule has 41 heavy (non-hydrogen) atoms. The third kappa shape index (κ3) is 8.56. The molecule has 0 bridgehead atoms. The molecule has 0 amide bonds. The number of nitrogens with two attached hydrogens (primary N) is 1. The van der Waals surface area contributed by atoms with E-state index in [0.29, 0.717) is 36.8 Å². The standard InChI is InChI=1S/C12H14N2O2.C12H13NO3.HNO2.Na.H2O4S/c1-2-16-12(15)11-7-3-6-4-9(13)14-5-8(6)10(7)11;1-2-16-12(15)11-7-3-6-4-9(14)13-5-8(6)10(7)11;2-1-3;;1-5(2,3)4/h4-5,7,10-11H,2-3H2,1H3,(H2,13,14);4-5,7,10-11H,2-3H2,1H3,(H,13,14);(H,2,3);;(H2,1,2,3,4)/q;;;+1;/p-1/t2*7-,10-,11+;;;/m11.../s1. The van der Waals surface area contributed by atoms with Crippen LogP contribution in [0.2, 0.25) is 0 Å². The molecule has 15 nitrogen and oxygen atoms in total. The summed E-state index contributed by atoms with van der Waals surface area (Å²) < 4.78 is 41.7. The minimum atomic E-state index is -4.67. The first-order chi connectivity index (χ1) is 18.9. The minimum absolute atomic E-state index is 0. The number of rotatable bonds is 4. The fraction of sp³-hybridized carbons (Fsp3) is 0.500. The van der Waals surface area contributed by atoms with Gasteiger partial charge in [-0.2, -0.15) is 8.42 Å². The number of aromatic amines is 1. The molecule has 0 radical (unpaired) electrons. The van der Waals surface area contributed by atoms with E-state index in [-0.39, 0.29) is 64.8 Å². The maximum atomic E-state index is 11.6. The molecule has 0 unspecified atom stereocenters. The molecule has 0 aliphatic heterocycles. The molecule has 6 atom stereocenters. The molecule has 0 aromatic carbocycles. The maximum Gasteiger partial charge on any atom is 1.00 e. The van der Waals surface area contributed by atoms with E-state index in [9.17, 15) is 14.4 Å². The van der Waals surface area contributed by atoms with Crippen molar-refractivity contribution in [2.24, 2.45) is 29.0 Å². The van der Waals surface area contributed by atoms with Gasteiger partial charge in [0.15, 0.2) is 0 Å². The molecule has 218 valence electrons. The molecule has 2 fully saturated rings. The zero-order valence-corrected chi connectivity index (χ0v) is 25.4. The van der Waals surface area contributed by atoms with Crippen LogP contribution in [0, 0.1) is 33.8 Å². The van der Waals surface area contributed by atoms with Crippen molar-refractivity contribution in [2.45, 2.75) is 38.5 Å². The van der Waals surface area contributed by atoms with E-state index in [1.807, 2.05) is 26.1 Å². The average molecular weight is 605 g/mol. The molecule has 4 aliphatic rings. The first-order valence-electron chi connectivity index (χ1n) is 12.3. The van der Waals surface area contributed by atoms with Gasteiger partial charge in [-0.25, -0.2) is 4.98 Å². The van der Waals surface area contributed by atoms with Crippen molar-refractivity contribution < 1.29 is 66.1 Å². The number of pyridine rings is 2. The number of carbonyl (C=O) groups is 2. The Kier molecular flexibility index (Phi) is 12.0. The number of carbonyl (C=O) groups excluding carboxylic acids is 2. The third-order valence-electron chi connectivity index (χ3n) is 7.18. The summed E-state index contributed by atoms with van der Waals surface area (Å²) in [6.07, 6.45) is 5.35. The minimum Gasteiger partial charge on any atom is -0.466 e. The zero-order chi connectivity index (χ0) is 29.8. The van der Waals surface area contributed by atoms with Gasteiger partial charge in [0.05, 0.1) is 25.0 Å². The first-order valence-corrected chi connectivity index (χ1v) is 13.7. The van der Waals surface area contributed by atoms with Crippen LogP contribution in [-0.4, -0.2) is 52.6 Å². The summed E-state index contributed by atoms with van der Waals surface area (Å²) in [4.78, 5) is 49.1. The topological polar surface area (TPSA) is 251 Å². The largest absolute Gasteiger partial charge is 1.00 e. The van der Waals surface area contributed by atoms with E-state index in [1.54, 1.807) is 12.3 Å². The van der Waals surface area contributed by atoms with Crippen LogP contribution < -0.4 is 40.9 Å². The fourth-order valence-electron chi connectivity index (χ4n) is 5.75. The summed E-state index contributed by atoms with van der Waals surface area (Å²) in [7, 11) is -4.67. The van der Waals surface area contributed by atoms with Crippen molar-refractivity contribution >= 4 is 28.2 Å². The predicted octanol–water partition coefficient (Wildman–Crippen LogP) is -1.46. The van der Waals surface area contributed by atoms with Gasteiger partial charge >= 0.3 is 51.9 Å². The number of anilines is 1. The normalized spacial score (nSPS) is 24.7. The van der Waals surface area contributed by atoms with Gasteiger partial charge in [0.25, 0.3) is 0 Å². The summed E-state index contributed by atoms with van der Waals surface area (Å²) in [5, 5.41) is 9.00. The summed E-state index contributed by atoms with van der Waals surface area (Å²) >= 11 is 0. The molecule has 5 N–H and O–H groups in total. The predicted molar refractivity (Wildman–Crippen MR) is 139 cm³/mol. The molecule has 17 heteroatoms. The molecule has 2 aromatic rings.